The molecule has 1 unspecified atom stereocenters. The Bertz CT molecular complexity index is 597. The van der Waals surface area contributed by atoms with Crippen LogP contribution in [0.25, 0.3) is 0 Å². The van der Waals surface area contributed by atoms with Crippen molar-refractivity contribution < 1.29 is 4.79 Å². The van der Waals surface area contributed by atoms with E-state index in [9.17, 15) is 4.79 Å². The number of benzene rings is 1. The summed E-state index contributed by atoms with van der Waals surface area (Å²) in [7, 11) is 0. The van der Waals surface area contributed by atoms with Crippen LogP contribution in [0.15, 0.2) is 48.8 Å². The predicted molar refractivity (Wildman–Crippen MR) is 75.1 cm³/mol. The SMILES string of the molecule is CC(=O)N1c2cnccc2NCC1c1ccccc1. The number of rotatable bonds is 1. The molecule has 0 fully saturated rings. The third-order valence-corrected chi connectivity index (χ3v) is 3.38. The van der Waals surface area contributed by atoms with E-state index in [-0.39, 0.29) is 11.9 Å². The molecular formula is C15H15N3O. The largest absolute Gasteiger partial charge is 0.381 e. The Kier molecular flexibility index (Phi) is 2.91. The smallest absolute Gasteiger partial charge is 0.224 e. The Hall–Kier alpha value is -2.36. The molecule has 0 spiro atoms. The molecule has 1 aliphatic rings. The number of nitrogens with zero attached hydrogens (tertiary/aromatic N) is 2. The zero-order chi connectivity index (χ0) is 13.2. The van der Waals surface area contributed by atoms with Crippen molar-refractivity contribution >= 4 is 17.3 Å². The first kappa shape index (κ1) is 11.7. The third-order valence-electron chi connectivity index (χ3n) is 3.38. The Labute approximate surface area is 112 Å². The molecule has 4 heteroatoms. The van der Waals surface area contributed by atoms with Crippen molar-refractivity contribution in [3.8, 4) is 0 Å². The Balaban J connectivity index is 2.06. The lowest BCUT2D eigenvalue weighted by Crippen LogP contribution is -2.40. The molecule has 1 aromatic heterocycles. The molecule has 0 saturated heterocycles. The van der Waals surface area contributed by atoms with Crippen LogP contribution in [0.5, 0.6) is 0 Å². The van der Waals surface area contributed by atoms with E-state index >= 15 is 0 Å². The van der Waals surface area contributed by atoms with E-state index in [1.807, 2.05) is 41.3 Å². The third kappa shape index (κ3) is 2.05. The predicted octanol–water partition coefficient (Wildman–Crippen LogP) is 2.60. The molecule has 0 aliphatic carbocycles. The summed E-state index contributed by atoms with van der Waals surface area (Å²) in [6, 6.07) is 12.0. The molecule has 1 aromatic carbocycles. The van der Waals surface area contributed by atoms with Gasteiger partial charge in [0.05, 0.1) is 23.6 Å². The van der Waals surface area contributed by atoms with E-state index in [0.29, 0.717) is 6.54 Å². The van der Waals surface area contributed by atoms with Crippen molar-refractivity contribution in [3.05, 3.63) is 54.4 Å². The van der Waals surface area contributed by atoms with Gasteiger partial charge in [0, 0.05) is 19.7 Å². The number of carbonyl (C=O) groups excluding carboxylic acids is 1. The molecule has 19 heavy (non-hydrogen) atoms. The molecule has 1 amide bonds. The van der Waals surface area contributed by atoms with Gasteiger partial charge in [-0.3, -0.25) is 14.7 Å². The lowest BCUT2D eigenvalue weighted by molar-refractivity contribution is -0.117. The molecular weight excluding hydrogens is 238 g/mol. The average Bonchev–Trinajstić information content (AvgIpc) is 2.46. The highest BCUT2D eigenvalue weighted by Gasteiger charge is 2.30. The summed E-state index contributed by atoms with van der Waals surface area (Å²) < 4.78 is 0. The number of nitrogens with one attached hydrogen (secondary N) is 1. The average molecular weight is 253 g/mol. The van der Waals surface area contributed by atoms with Gasteiger partial charge in [0.15, 0.2) is 0 Å². The number of anilines is 2. The Morgan fingerprint density at radius 2 is 2.11 bits per heavy atom. The standard InChI is InChI=1S/C15H15N3O/c1-11(19)18-14(12-5-3-2-4-6-12)10-17-13-7-8-16-9-15(13)18/h2-9,14,17H,10H2,1H3. The van der Waals surface area contributed by atoms with Crippen molar-refractivity contribution in [1.29, 1.82) is 0 Å². The zero-order valence-corrected chi connectivity index (χ0v) is 10.7. The van der Waals surface area contributed by atoms with E-state index in [4.69, 9.17) is 0 Å². The lowest BCUT2D eigenvalue weighted by atomic mass is 10.0. The van der Waals surface area contributed by atoms with Gasteiger partial charge in [-0.2, -0.15) is 0 Å². The second kappa shape index (κ2) is 4.72. The maximum Gasteiger partial charge on any atom is 0.224 e. The monoisotopic (exact) mass is 253 g/mol. The minimum Gasteiger partial charge on any atom is -0.381 e. The second-order valence-corrected chi connectivity index (χ2v) is 4.59. The summed E-state index contributed by atoms with van der Waals surface area (Å²) in [4.78, 5) is 18.0. The minimum atomic E-state index is 0.00963. The van der Waals surface area contributed by atoms with Gasteiger partial charge in [0.1, 0.15) is 0 Å². The van der Waals surface area contributed by atoms with Gasteiger partial charge >= 0.3 is 0 Å². The van der Waals surface area contributed by atoms with E-state index in [0.717, 1.165) is 16.9 Å². The first-order chi connectivity index (χ1) is 9.27. The second-order valence-electron chi connectivity index (χ2n) is 4.59. The van der Waals surface area contributed by atoms with Crippen molar-refractivity contribution in [2.24, 2.45) is 0 Å². The van der Waals surface area contributed by atoms with Crippen LogP contribution in [0.1, 0.15) is 18.5 Å². The summed E-state index contributed by atoms with van der Waals surface area (Å²) in [5.41, 5.74) is 2.92. The molecule has 1 N–H and O–H groups in total. The highest BCUT2D eigenvalue weighted by atomic mass is 16.2. The maximum absolute atomic E-state index is 12.0. The minimum absolute atomic E-state index is 0.00963. The number of pyridine rings is 1. The Morgan fingerprint density at radius 3 is 2.84 bits per heavy atom. The van der Waals surface area contributed by atoms with Crippen LogP contribution in [-0.2, 0) is 4.79 Å². The fourth-order valence-corrected chi connectivity index (χ4v) is 2.52. The van der Waals surface area contributed by atoms with E-state index < -0.39 is 0 Å². The van der Waals surface area contributed by atoms with Gasteiger partial charge in [-0.05, 0) is 11.6 Å². The van der Waals surface area contributed by atoms with E-state index in [1.54, 1.807) is 19.3 Å². The molecule has 0 radical (unpaired) electrons. The van der Waals surface area contributed by atoms with Crippen LogP contribution in [0.3, 0.4) is 0 Å². The summed E-state index contributed by atoms with van der Waals surface area (Å²) in [6.45, 7) is 2.30. The van der Waals surface area contributed by atoms with E-state index in [1.165, 1.54) is 0 Å². The molecule has 4 nitrogen and oxygen atoms in total. The molecule has 3 rings (SSSR count). The normalized spacial score (nSPS) is 17.5. The van der Waals surface area contributed by atoms with Crippen LogP contribution in [0.2, 0.25) is 0 Å². The molecule has 0 saturated carbocycles. The van der Waals surface area contributed by atoms with Crippen molar-refractivity contribution in [1.82, 2.24) is 4.98 Å². The highest BCUT2D eigenvalue weighted by molar-refractivity contribution is 5.96. The maximum atomic E-state index is 12.0. The summed E-state index contributed by atoms with van der Waals surface area (Å²) in [5.74, 6) is 0.0320. The van der Waals surface area contributed by atoms with Gasteiger partial charge < -0.3 is 5.32 Å². The van der Waals surface area contributed by atoms with Crippen LogP contribution in [-0.4, -0.2) is 17.4 Å². The molecule has 1 atom stereocenters. The van der Waals surface area contributed by atoms with Gasteiger partial charge in [-0.1, -0.05) is 30.3 Å². The number of carbonyl (C=O) groups is 1. The first-order valence-corrected chi connectivity index (χ1v) is 6.30. The molecule has 2 aromatic rings. The lowest BCUT2D eigenvalue weighted by Gasteiger charge is -2.37. The highest BCUT2D eigenvalue weighted by Crippen LogP contribution is 2.36. The van der Waals surface area contributed by atoms with Crippen LogP contribution in [0, 0.1) is 0 Å². The number of amides is 1. The molecule has 2 heterocycles. The Morgan fingerprint density at radius 1 is 1.32 bits per heavy atom. The van der Waals surface area contributed by atoms with Crippen LogP contribution < -0.4 is 10.2 Å². The van der Waals surface area contributed by atoms with Gasteiger partial charge in [0.25, 0.3) is 0 Å². The number of fused-ring (bicyclic) bond motifs is 1. The van der Waals surface area contributed by atoms with Crippen molar-refractivity contribution in [3.63, 3.8) is 0 Å². The summed E-state index contributed by atoms with van der Waals surface area (Å²) >= 11 is 0. The van der Waals surface area contributed by atoms with Gasteiger partial charge in [-0.25, -0.2) is 0 Å². The van der Waals surface area contributed by atoms with Gasteiger partial charge in [-0.15, -0.1) is 0 Å². The first-order valence-electron chi connectivity index (χ1n) is 6.30. The molecule has 1 aliphatic heterocycles. The fraction of sp³-hybridized carbons (Fsp3) is 0.200. The van der Waals surface area contributed by atoms with Gasteiger partial charge in [0.2, 0.25) is 5.91 Å². The fourth-order valence-electron chi connectivity index (χ4n) is 2.52. The van der Waals surface area contributed by atoms with Crippen molar-refractivity contribution in [2.75, 3.05) is 16.8 Å². The van der Waals surface area contributed by atoms with E-state index in [2.05, 4.69) is 10.3 Å². The quantitative estimate of drug-likeness (QED) is 0.849. The topological polar surface area (TPSA) is 45.2 Å². The number of hydrogen-bond acceptors (Lipinski definition) is 3. The van der Waals surface area contributed by atoms with Crippen LogP contribution in [0.4, 0.5) is 11.4 Å². The summed E-state index contributed by atoms with van der Waals surface area (Å²) in [6.07, 6.45) is 3.46. The molecule has 96 valence electrons. The van der Waals surface area contributed by atoms with Crippen LogP contribution >= 0.6 is 0 Å². The zero-order valence-electron chi connectivity index (χ0n) is 10.7. The summed E-state index contributed by atoms with van der Waals surface area (Å²) in [5, 5.41) is 3.36. The number of aromatic nitrogens is 1. The van der Waals surface area contributed by atoms with Crippen molar-refractivity contribution in [2.45, 2.75) is 13.0 Å². The molecule has 0 bridgehead atoms. The number of hydrogen-bond donors (Lipinski definition) is 1.